The van der Waals surface area contributed by atoms with Gasteiger partial charge < -0.3 is 10.5 Å². The van der Waals surface area contributed by atoms with E-state index in [-0.39, 0.29) is 16.4 Å². The van der Waals surface area contributed by atoms with Gasteiger partial charge in [-0.1, -0.05) is 60.7 Å². The summed E-state index contributed by atoms with van der Waals surface area (Å²) in [7, 11) is -4.33. The molecule has 0 bridgehead atoms. The van der Waals surface area contributed by atoms with E-state index < -0.39 is 15.9 Å². The lowest BCUT2D eigenvalue weighted by Gasteiger charge is -2.16. The third kappa shape index (κ3) is 5.67. The van der Waals surface area contributed by atoms with Gasteiger partial charge in [0.2, 0.25) is 0 Å². The number of hydrogen-bond acceptors (Lipinski definition) is 8. The van der Waals surface area contributed by atoms with Gasteiger partial charge in [-0.3, -0.25) is 4.79 Å². The molecular weight excluding hydrogens is 581 g/mol. The zero-order chi connectivity index (χ0) is 30.1. The number of hydrogen-bond donors (Lipinski definition) is 2. The van der Waals surface area contributed by atoms with Crippen LogP contribution in [-0.4, -0.2) is 30.9 Å². The highest BCUT2D eigenvalue weighted by Crippen LogP contribution is 2.40. The number of nitrogens with one attached hydrogen (secondary N) is 1. The minimum absolute atomic E-state index is 0.0249. The highest BCUT2D eigenvalue weighted by Gasteiger charge is 2.26. The number of aromatic nitrogens is 2. The van der Waals surface area contributed by atoms with Gasteiger partial charge in [0.25, 0.3) is 15.9 Å². The summed E-state index contributed by atoms with van der Waals surface area (Å²) in [5.74, 6) is -0.361. The van der Waals surface area contributed by atoms with E-state index in [1.165, 1.54) is 18.2 Å². The first-order chi connectivity index (χ1) is 20.7. The third-order valence-corrected chi connectivity index (χ3v) is 9.71. The number of rotatable bonds is 8. The Morgan fingerprint density at radius 2 is 1.70 bits per heavy atom. The first kappa shape index (κ1) is 28.3. The second kappa shape index (κ2) is 11.5. The second-order valence-corrected chi connectivity index (χ2v) is 12.8. The van der Waals surface area contributed by atoms with Gasteiger partial charge in [-0.25, -0.2) is 14.7 Å². The molecular formula is C33H28N4O4S2. The monoisotopic (exact) mass is 608 g/mol. The number of nitrogen functional groups attached to an aromatic ring is 1. The fourth-order valence-corrected chi connectivity index (χ4v) is 7.12. The minimum atomic E-state index is -4.33. The molecule has 3 aromatic carbocycles. The predicted octanol–water partition coefficient (Wildman–Crippen LogP) is 6.45. The molecule has 0 saturated heterocycles. The van der Waals surface area contributed by atoms with Gasteiger partial charge >= 0.3 is 0 Å². The fourth-order valence-electron chi connectivity index (χ4n) is 5.01. The molecule has 0 radical (unpaired) electrons. The molecule has 216 valence electrons. The zero-order valence-electron chi connectivity index (χ0n) is 23.5. The van der Waals surface area contributed by atoms with E-state index in [1.54, 1.807) is 23.5 Å². The molecule has 0 spiro atoms. The van der Waals surface area contributed by atoms with Crippen LogP contribution in [0.3, 0.4) is 0 Å². The smallest absolute Gasteiger partial charge is 0.281 e. The minimum Gasteiger partial charge on any atom is -0.493 e. The lowest BCUT2D eigenvalue weighted by atomic mass is 10.0. The van der Waals surface area contributed by atoms with Crippen LogP contribution in [-0.2, 0) is 16.4 Å². The lowest BCUT2D eigenvalue weighted by molar-refractivity contribution is 0.0982. The summed E-state index contributed by atoms with van der Waals surface area (Å²) in [5, 5.41) is 1.18. The molecule has 0 fully saturated rings. The Morgan fingerprint density at radius 1 is 0.930 bits per heavy atom. The maximum Gasteiger partial charge on any atom is 0.281 e. The van der Waals surface area contributed by atoms with Gasteiger partial charge in [-0.2, -0.15) is 8.42 Å². The van der Waals surface area contributed by atoms with Crippen molar-refractivity contribution in [2.75, 3.05) is 12.3 Å². The highest BCUT2D eigenvalue weighted by molar-refractivity contribution is 7.90. The molecule has 0 aliphatic carbocycles. The van der Waals surface area contributed by atoms with E-state index >= 15 is 0 Å². The van der Waals surface area contributed by atoms with Crippen molar-refractivity contribution in [1.29, 1.82) is 0 Å². The Balaban J connectivity index is 1.48. The van der Waals surface area contributed by atoms with Crippen molar-refractivity contribution in [1.82, 2.24) is 14.7 Å². The first-order valence-electron chi connectivity index (χ1n) is 13.6. The molecule has 0 aliphatic heterocycles. The number of thiophene rings is 1. The van der Waals surface area contributed by atoms with Crippen LogP contribution in [0.5, 0.6) is 5.75 Å². The average molecular weight is 609 g/mol. The molecule has 10 heteroatoms. The molecule has 8 nitrogen and oxygen atoms in total. The van der Waals surface area contributed by atoms with Gasteiger partial charge in [0.15, 0.2) is 5.03 Å². The van der Waals surface area contributed by atoms with E-state index in [0.717, 1.165) is 31.7 Å². The maximum absolute atomic E-state index is 13.9. The van der Waals surface area contributed by atoms with Crippen molar-refractivity contribution < 1.29 is 17.9 Å². The quantitative estimate of drug-likeness (QED) is 0.203. The molecule has 0 atom stereocenters. The topological polar surface area (TPSA) is 124 Å². The Hall–Kier alpha value is -4.80. The third-order valence-electron chi connectivity index (χ3n) is 7.18. The Kier molecular flexibility index (Phi) is 7.55. The molecule has 3 heterocycles. The predicted molar refractivity (Wildman–Crippen MR) is 171 cm³/mol. The van der Waals surface area contributed by atoms with E-state index in [9.17, 15) is 13.2 Å². The number of nitrogens with zero attached hydrogens (tertiary/aromatic N) is 2. The van der Waals surface area contributed by atoms with E-state index in [2.05, 4.69) is 15.8 Å². The van der Waals surface area contributed by atoms with Crippen molar-refractivity contribution in [2.45, 2.75) is 25.3 Å². The average Bonchev–Trinajstić information content (AvgIpc) is 3.34. The Bertz CT molecular complexity index is 2110. The van der Waals surface area contributed by atoms with Gasteiger partial charge in [0, 0.05) is 11.1 Å². The summed E-state index contributed by atoms with van der Waals surface area (Å²) in [5.41, 5.74) is 9.92. The SMILES string of the molecule is Cc1c(-c2cc(C(=O)NS(=O)(=O)c3cccc(N)n3)c3c(OCCc4ccccc4)ccc(C)c3n2)sc2ccccc12. The first-order valence-corrected chi connectivity index (χ1v) is 15.9. The number of anilines is 1. The summed E-state index contributed by atoms with van der Waals surface area (Å²) in [6, 6.07) is 27.5. The van der Waals surface area contributed by atoms with Crippen LogP contribution in [0.4, 0.5) is 5.82 Å². The van der Waals surface area contributed by atoms with Crippen LogP contribution >= 0.6 is 11.3 Å². The maximum atomic E-state index is 13.9. The van der Waals surface area contributed by atoms with Gasteiger partial charge in [-0.05, 0) is 66.3 Å². The van der Waals surface area contributed by atoms with Crippen molar-refractivity contribution in [3.63, 3.8) is 0 Å². The number of pyridine rings is 2. The largest absolute Gasteiger partial charge is 0.493 e. The summed E-state index contributed by atoms with van der Waals surface area (Å²) >= 11 is 1.57. The van der Waals surface area contributed by atoms with E-state index in [0.29, 0.717) is 35.4 Å². The number of carbonyl (C=O) groups is 1. The summed E-state index contributed by atoms with van der Waals surface area (Å²) in [4.78, 5) is 23.7. The fraction of sp³-hybridized carbons (Fsp3) is 0.121. The highest BCUT2D eigenvalue weighted by atomic mass is 32.2. The van der Waals surface area contributed by atoms with Crippen molar-refractivity contribution >= 4 is 54.1 Å². The molecule has 43 heavy (non-hydrogen) atoms. The van der Waals surface area contributed by atoms with Crippen LogP contribution in [0.15, 0.2) is 96.0 Å². The number of ether oxygens (including phenoxy) is 1. The molecule has 6 rings (SSSR count). The van der Waals surface area contributed by atoms with Gasteiger partial charge in [-0.15, -0.1) is 11.3 Å². The molecule has 0 saturated carbocycles. The van der Waals surface area contributed by atoms with Crippen molar-refractivity contribution in [2.24, 2.45) is 0 Å². The molecule has 0 aliphatic rings. The van der Waals surface area contributed by atoms with Crippen LogP contribution in [0.1, 0.15) is 27.0 Å². The second-order valence-electron chi connectivity index (χ2n) is 10.1. The number of fused-ring (bicyclic) bond motifs is 2. The van der Waals surface area contributed by atoms with Crippen LogP contribution in [0.2, 0.25) is 0 Å². The number of benzene rings is 3. The number of carbonyl (C=O) groups excluding carboxylic acids is 1. The number of sulfonamides is 1. The van der Waals surface area contributed by atoms with Gasteiger partial charge in [0.05, 0.1) is 33.6 Å². The Labute approximate surface area is 253 Å². The standard InChI is InChI=1S/C33H28N4O4S2/c1-20-15-16-26(41-18-17-22-9-4-3-5-10-22)30-24(33(38)37-43(39,40)29-14-8-13-28(34)36-29)19-25(35-31(20)30)32-21(2)23-11-6-7-12-27(23)42-32/h3-16,19H,17-18H2,1-2H3,(H2,34,36)(H,37,38). The molecule has 3 aromatic heterocycles. The summed E-state index contributed by atoms with van der Waals surface area (Å²) < 4.78 is 35.9. The lowest BCUT2D eigenvalue weighted by Crippen LogP contribution is -2.31. The molecule has 6 aromatic rings. The normalized spacial score (nSPS) is 11.6. The van der Waals surface area contributed by atoms with Crippen molar-refractivity contribution in [3.05, 3.63) is 113 Å². The summed E-state index contributed by atoms with van der Waals surface area (Å²) in [6.07, 6.45) is 0.652. The van der Waals surface area contributed by atoms with Crippen LogP contribution in [0, 0.1) is 13.8 Å². The molecule has 0 unspecified atom stereocenters. The van der Waals surface area contributed by atoms with Gasteiger partial charge in [0.1, 0.15) is 11.6 Å². The van der Waals surface area contributed by atoms with E-state index in [4.69, 9.17) is 15.5 Å². The number of amides is 1. The van der Waals surface area contributed by atoms with Crippen LogP contribution < -0.4 is 15.2 Å². The zero-order valence-corrected chi connectivity index (χ0v) is 25.1. The summed E-state index contributed by atoms with van der Waals surface area (Å²) in [6.45, 7) is 4.28. The van der Waals surface area contributed by atoms with Crippen molar-refractivity contribution in [3.8, 4) is 16.3 Å². The van der Waals surface area contributed by atoms with E-state index in [1.807, 2.05) is 68.4 Å². The molecule has 1 amide bonds. The number of nitrogens with two attached hydrogens (primary N) is 1. The Morgan fingerprint density at radius 3 is 2.47 bits per heavy atom. The number of aryl methyl sites for hydroxylation is 2. The molecule has 3 N–H and O–H groups in total. The van der Waals surface area contributed by atoms with Crippen LogP contribution in [0.25, 0.3) is 31.6 Å².